The average molecular weight is 1170 g/mol. The smallest absolute Gasteiger partial charge is 0.300 e. The minimum Gasteiger partial charge on any atom is -0.491 e. The van der Waals surface area contributed by atoms with Gasteiger partial charge in [-0.15, -0.1) is 0 Å². The number of aliphatic carboxylic acids is 2. The predicted molar refractivity (Wildman–Crippen MR) is 335 cm³/mol. The fourth-order valence-electron chi connectivity index (χ4n) is 12.5. The number of carboxylic acid groups (broad SMARTS) is 2. The van der Waals surface area contributed by atoms with Crippen LogP contribution in [0.5, 0.6) is 5.75 Å². The number of ketones is 1. The van der Waals surface area contributed by atoms with Crippen molar-refractivity contribution in [1.82, 2.24) is 59.1 Å². The van der Waals surface area contributed by atoms with Gasteiger partial charge in [-0.05, 0) is 95.8 Å². The summed E-state index contributed by atoms with van der Waals surface area (Å²) in [5.74, 6) is 0.269. The van der Waals surface area contributed by atoms with Crippen molar-refractivity contribution in [3.05, 3.63) is 127 Å². The highest BCUT2D eigenvalue weighted by Gasteiger charge is 2.33. The molecule has 2 saturated carbocycles. The summed E-state index contributed by atoms with van der Waals surface area (Å²) in [6, 6.07) is 36.0. The Bertz CT molecular complexity index is 3530. The number of aromatic nitrogens is 8. The van der Waals surface area contributed by atoms with Gasteiger partial charge in [-0.3, -0.25) is 24.2 Å². The molecule has 4 aromatic heterocycles. The second kappa shape index (κ2) is 28.1. The predicted octanol–water partition coefficient (Wildman–Crippen LogP) is 8.64. The maximum atomic E-state index is 12.5. The Morgan fingerprint density at radius 2 is 0.965 bits per heavy atom. The Labute approximate surface area is 501 Å². The number of hydrogen-bond acceptors (Lipinski definition) is 18. The number of likely N-dealkylation sites (N-methyl/N-ethyl adjacent to an activating group) is 2. The van der Waals surface area contributed by atoms with Crippen LogP contribution in [0.4, 0.5) is 23.0 Å². The third-order valence-corrected chi connectivity index (χ3v) is 17.1. The van der Waals surface area contributed by atoms with E-state index in [1.54, 1.807) is 6.33 Å². The topological polar surface area (TPSA) is 277 Å². The van der Waals surface area contributed by atoms with Crippen molar-refractivity contribution in [2.45, 2.75) is 95.4 Å². The van der Waals surface area contributed by atoms with E-state index >= 15 is 0 Å². The van der Waals surface area contributed by atoms with E-state index in [4.69, 9.17) is 46.2 Å². The lowest BCUT2D eigenvalue weighted by Crippen LogP contribution is -2.49. The van der Waals surface area contributed by atoms with Crippen LogP contribution in [0.25, 0.3) is 44.6 Å². The van der Waals surface area contributed by atoms with Crippen molar-refractivity contribution in [2.24, 2.45) is 0 Å². The zero-order valence-electron chi connectivity index (χ0n) is 49.6. The summed E-state index contributed by atoms with van der Waals surface area (Å²) in [5, 5.41) is 33.5. The summed E-state index contributed by atoms with van der Waals surface area (Å²) in [4.78, 5) is 58.5. The van der Waals surface area contributed by atoms with Crippen LogP contribution < -0.4 is 26.8 Å². The summed E-state index contributed by atoms with van der Waals surface area (Å²) in [6.45, 7) is 12.3. The van der Waals surface area contributed by atoms with Gasteiger partial charge in [0.05, 0.1) is 35.4 Å². The van der Waals surface area contributed by atoms with Gasteiger partial charge >= 0.3 is 0 Å². The number of carbonyl (C=O) groups excluding carboxylic acids is 1. The third-order valence-electron chi connectivity index (χ3n) is 17.1. The number of benzene rings is 4. The van der Waals surface area contributed by atoms with E-state index in [-0.39, 0.29) is 18.4 Å². The third kappa shape index (κ3) is 14.7. The lowest BCUT2D eigenvalue weighted by atomic mass is 9.90. The maximum absolute atomic E-state index is 12.5. The minimum atomic E-state index is -0.833. The van der Waals surface area contributed by atoms with Crippen molar-refractivity contribution in [3.8, 4) is 28.3 Å². The van der Waals surface area contributed by atoms with Gasteiger partial charge in [0.2, 0.25) is 0 Å². The van der Waals surface area contributed by atoms with Crippen LogP contribution in [0, 0.1) is 0 Å². The number of para-hydroxylation sites is 1. The van der Waals surface area contributed by atoms with Gasteiger partial charge in [0.15, 0.2) is 17.1 Å². The second-order valence-corrected chi connectivity index (χ2v) is 23.0. The molecule has 7 heterocycles. The molecule has 86 heavy (non-hydrogen) atoms. The fraction of sp³-hybridized carbons (Fsp3) is 0.422. The first-order valence-corrected chi connectivity index (χ1v) is 29.9. The highest BCUT2D eigenvalue weighted by atomic mass is 16.5. The Morgan fingerprint density at radius 1 is 0.547 bits per heavy atom. The first-order valence-electron chi connectivity index (χ1n) is 29.9. The summed E-state index contributed by atoms with van der Waals surface area (Å²) in [7, 11) is 4.43. The lowest BCUT2D eigenvalue weighted by molar-refractivity contribution is -0.135. The number of Topliss-reactive ketones (excluding diaryl/α,β-unsaturated/α-hetero) is 1. The number of nitrogens with zero attached hydrogens (tertiary/aromatic N) is 12. The highest BCUT2D eigenvalue weighted by Crippen LogP contribution is 2.40. The van der Waals surface area contributed by atoms with E-state index < -0.39 is 11.9 Å². The van der Waals surface area contributed by atoms with Gasteiger partial charge in [-0.1, -0.05) is 72.8 Å². The quantitative estimate of drug-likeness (QED) is 0.0624. The molecule has 2 saturated heterocycles. The Kier molecular flexibility index (Phi) is 19.8. The zero-order chi connectivity index (χ0) is 60.3. The molecule has 3 aliphatic heterocycles. The maximum Gasteiger partial charge on any atom is 0.300 e. The van der Waals surface area contributed by atoms with Crippen LogP contribution in [0.1, 0.15) is 99.3 Å². The van der Waals surface area contributed by atoms with Crippen LogP contribution in [0.15, 0.2) is 116 Å². The molecule has 452 valence electrons. The number of nitrogens with one attached hydrogen (secondary N) is 2. The Morgan fingerprint density at radius 3 is 1.43 bits per heavy atom. The monoisotopic (exact) mass is 1170 g/mol. The molecular weight excluding hydrogens is 1090 g/mol. The van der Waals surface area contributed by atoms with E-state index in [0.29, 0.717) is 48.0 Å². The molecule has 22 nitrogen and oxygen atoms in total. The standard InChI is InChI=1S/2C30H36N8O.2C2H4O2/c1-36-14-16-37(17-15-36)22-10-12-23(13-11-22)38-30-27(29(31)32-19-33-30)28(35-38)20-6-8-21(9-7-20)34-25-18-39-26-5-3-2-4-24(25)26;1-36-15-17-37(18-16-36)24-11-13-25(14-12-24)38-30-27(29(31)33-20-34-30)28(35-38)22-7-9-23(10-8-22)32-19-26(39)21-5-3-2-4-6-21;2*1-2(3)4/h2-9,19,22-23,25,34H,10-18H2,1H3,(H2,31,32,33);2-10,20,24-25,32H,11-19H2,1H3,(H2,31,33,34);2*1H3,(H,3,4)/t22-,23-,25?;24-,25+;;. The van der Waals surface area contributed by atoms with Crippen molar-refractivity contribution in [3.63, 3.8) is 0 Å². The molecule has 13 rings (SSSR count). The SMILES string of the molecule is CC(=O)O.CC(=O)O.CN1CCN([C@H]2CC[C@@H](n3nc(-c4ccc(NCC(=O)c5ccccc5)cc4)c4c(N)ncnc43)CC2)CC1.CN1CCN([C@H]2CC[C@H](n3nc(-c4ccc(NC5COc6ccccc65)cc4)c4c(N)ncnc43)CC2)CC1. The van der Waals surface area contributed by atoms with Gasteiger partial charge in [-0.25, -0.2) is 29.3 Å². The number of fused-ring (bicyclic) bond motifs is 3. The summed E-state index contributed by atoms with van der Waals surface area (Å²) < 4.78 is 10.1. The molecule has 22 heteroatoms. The summed E-state index contributed by atoms with van der Waals surface area (Å²) >= 11 is 0. The number of piperazine rings is 2. The lowest BCUT2D eigenvalue weighted by Gasteiger charge is -2.41. The van der Waals surface area contributed by atoms with Gasteiger partial charge in [0.25, 0.3) is 11.9 Å². The fourth-order valence-corrected chi connectivity index (χ4v) is 12.5. The van der Waals surface area contributed by atoms with Gasteiger partial charge in [0.1, 0.15) is 48.0 Å². The average Bonchev–Trinajstić information content (AvgIpc) is 2.38. The normalized spacial score (nSPS) is 20.9. The van der Waals surface area contributed by atoms with Crippen LogP contribution in [-0.2, 0) is 9.59 Å². The summed E-state index contributed by atoms with van der Waals surface area (Å²) in [5.41, 5.74) is 21.8. The van der Waals surface area contributed by atoms with Crippen molar-refractivity contribution in [1.29, 1.82) is 0 Å². The number of anilines is 4. The highest BCUT2D eigenvalue weighted by molar-refractivity contribution is 6.00. The van der Waals surface area contributed by atoms with E-state index in [1.807, 2.05) is 66.7 Å². The van der Waals surface area contributed by atoms with Gasteiger partial charge in [-0.2, -0.15) is 10.2 Å². The van der Waals surface area contributed by atoms with E-state index in [0.717, 1.165) is 127 Å². The first-order chi connectivity index (χ1) is 41.7. The molecule has 8 aromatic rings. The van der Waals surface area contributed by atoms with E-state index in [1.165, 1.54) is 63.8 Å². The number of carboxylic acids is 2. The molecule has 2 aliphatic carbocycles. The van der Waals surface area contributed by atoms with Crippen LogP contribution in [0.2, 0.25) is 0 Å². The van der Waals surface area contributed by atoms with Crippen LogP contribution in [0.3, 0.4) is 0 Å². The van der Waals surface area contributed by atoms with Crippen molar-refractivity contribution < 1.29 is 29.3 Å². The molecule has 5 aliphatic rings. The van der Waals surface area contributed by atoms with Crippen molar-refractivity contribution >= 4 is 62.8 Å². The molecule has 4 aromatic carbocycles. The Hall–Kier alpha value is -8.57. The van der Waals surface area contributed by atoms with E-state index in [9.17, 15) is 4.79 Å². The van der Waals surface area contributed by atoms with Crippen molar-refractivity contribution in [2.75, 3.05) is 102 Å². The first kappa shape index (κ1) is 60.5. The molecule has 1 atom stereocenters. The number of hydrogen-bond donors (Lipinski definition) is 6. The number of nitrogen functional groups attached to an aromatic ring is 2. The second-order valence-electron chi connectivity index (χ2n) is 23.0. The number of nitrogens with two attached hydrogens (primary N) is 2. The molecule has 0 bridgehead atoms. The largest absolute Gasteiger partial charge is 0.491 e. The number of ether oxygens (including phenoxy) is 1. The number of carbonyl (C=O) groups is 3. The Balaban J connectivity index is 0.000000170. The number of rotatable bonds is 12. The zero-order valence-corrected chi connectivity index (χ0v) is 49.6. The molecule has 0 spiro atoms. The van der Waals surface area contributed by atoms with Gasteiger partial charge < -0.3 is 46.9 Å². The van der Waals surface area contributed by atoms with Gasteiger partial charge in [0, 0.05) is 112 Å². The molecule has 1 unspecified atom stereocenters. The molecule has 0 amide bonds. The summed E-state index contributed by atoms with van der Waals surface area (Å²) in [6.07, 6.45) is 12.2. The molecule has 8 N–H and O–H groups in total. The minimum absolute atomic E-state index is 0.0525. The van der Waals surface area contributed by atoms with Crippen LogP contribution >= 0.6 is 0 Å². The molecule has 0 radical (unpaired) electrons. The molecule has 4 fully saturated rings. The van der Waals surface area contributed by atoms with E-state index in [2.05, 4.69) is 110 Å². The molecular formula is C64H80N16O6. The van der Waals surface area contributed by atoms with Crippen LogP contribution in [-0.4, -0.2) is 179 Å².